The molecule has 8 nitrogen and oxygen atoms in total. The summed E-state index contributed by atoms with van der Waals surface area (Å²) in [6.07, 6.45) is 3.23. The van der Waals surface area contributed by atoms with Gasteiger partial charge in [0.05, 0.1) is 35.5 Å². The van der Waals surface area contributed by atoms with Crippen LogP contribution in [0.1, 0.15) is 92.1 Å². The second-order valence-corrected chi connectivity index (χ2v) is 7.53. The first-order chi connectivity index (χ1) is 15.8. The van der Waals surface area contributed by atoms with Gasteiger partial charge in [-0.1, -0.05) is 38.8 Å². The smallest absolute Gasteiger partial charge is 0.339 e. The van der Waals surface area contributed by atoms with Crippen molar-refractivity contribution in [2.75, 3.05) is 13.2 Å². The van der Waals surface area contributed by atoms with E-state index in [2.05, 4.69) is 0 Å². The summed E-state index contributed by atoms with van der Waals surface area (Å²) in [5.74, 6) is -3.92. The van der Waals surface area contributed by atoms with Gasteiger partial charge in [0.1, 0.15) is 0 Å². The average molecular weight is 456 g/mol. The summed E-state index contributed by atoms with van der Waals surface area (Å²) >= 11 is 0. The number of carbonyl (C=O) groups is 4. The van der Waals surface area contributed by atoms with Gasteiger partial charge in [0, 0.05) is 0 Å². The van der Waals surface area contributed by atoms with Crippen molar-refractivity contribution in [3.05, 3.63) is 69.8 Å². The molecule has 0 unspecified atom stereocenters. The highest BCUT2D eigenvalue weighted by molar-refractivity contribution is 6.03. The molecular weight excluding hydrogens is 428 g/mol. The molecule has 0 fully saturated rings. The number of rotatable bonds is 12. The number of benzene rings is 2. The number of hydrogen-bond acceptors (Lipinski definition) is 6. The van der Waals surface area contributed by atoms with Crippen LogP contribution in [0.15, 0.2) is 36.4 Å². The molecule has 0 bridgehead atoms. The third-order valence-electron chi connectivity index (χ3n) is 4.94. The lowest BCUT2D eigenvalue weighted by molar-refractivity contribution is 0.0484. The second-order valence-electron chi connectivity index (χ2n) is 7.53. The standard InChI is InChI=1S/C25H28O8/c1-3-5-11-32-24(30)20-14-16(7-9-18(20)22(26)27)13-17-8-10-19(23(28)29)21(15-17)25(31)33-12-6-4-2/h7-10,14-15H,3-6,11-13H2,1-2H3,(H,26,27)(H,28,29). The molecule has 0 radical (unpaired) electrons. The van der Waals surface area contributed by atoms with Crippen molar-refractivity contribution in [3.8, 4) is 0 Å². The molecule has 8 heteroatoms. The molecular formula is C25H28O8. The van der Waals surface area contributed by atoms with Gasteiger partial charge >= 0.3 is 23.9 Å². The number of esters is 2. The Labute approximate surface area is 192 Å². The molecule has 2 aromatic carbocycles. The van der Waals surface area contributed by atoms with Crippen LogP contribution in [-0.2, 0) is 15.9 Å². The highest BCUT2D eigenvalue weighted by Gasteiger charge is 2.21. The van der Waals surface area contributed by atoms with E-state index in [0.717, 1.165) is 12.8 Å². The van der Waals surface area contributed by atoms with Crippen molar-refractivity contribution in [2.24, 2.45) is 0 Å². The topological polar surface area (TPSA) is 127 Å². The van der Waals surface area contributed by atoms with Crippen molar-refractivity contribution in [1.82, 2.24) is 0 Å². The Bertz CT molecular complexity index is 944. The molecule has 0 atom stereocenters. The minimum atomic E-state index is -1.24. The number of unbranched alkanes of at least 4 members (excludes halogenated alkanes) is 2. The van der Waals surface area contributed by atoms with Crippen LogP contribution in [0.25, 0.3) is 0 Å². The average Bonchev–Trinajstić information content (AvgIpc) is 2.78. The number of ether oxygens (including phenoxy) is 2. The van der Waals surface area contributed by atoms with E-state index in [1.807, 2.05) is 13.8 Å². The van der Waals surface area contributed by atoms with Gasteiger partial charge in [-0.15, -0.1) is 0 Å². The Hall–Kier alpha value is -3.68. The molecule has 176 valence electrons. The molecule has 0 heterocycles. The fourth-order valence-corrected chi connectivity index (χ4v) is 3.12. The Morgan fingerprint density at radius 2 is 1.06 bits per heavy atom. The zero-order chi connectivity index (χ0) is 24.4. The molecule has 0 saturated carbocycles. The number of carboxylic acid groups (broad SMARTS) is 2. The molecule has 0 aliphatic heterocycles. The van der Waals surface area contributed by atoms with Crippen LogP contribution in [0, 0.1) is 0 Å². The Morgan fingerprint density at radius 3 is 1.39 bits per heavy atom. The quantitative estimate of drug-likeness (QED) is 0.351. The SMILES string of the molecule is CCCCOC(=O)c1cc(Cc2ccc(C(=O)O)c(C(=O)OCCCC)c2)ccc1C(=O)O. The summed E-state index contributed by atoms with van der Waals surface area (Å²) in [4.78, 5) is 47.9. The van der Waals surface area contributed by atoms with E-state index in [0.29, 0.717) is 24.0 Å². The van der Waals surface area contributed by atoms with E-state index in [1.165, 1.54) is 24.3 Å². The minimum Gasteiger partial charge on any atom is -0.478 e. The van der Waals surface area contributed by atoms with Crippen molar-refractivity contribution in [2.45, 2.75) is 46.0 Å². The van der Waals surface area contributed by atoms with E-state index in [4.69, 9.17) is 9.47 Å². The molecule has 0 aliphatic rings. The van der Waals surface area contributed by atoms with Crippen molar-refractivity contribution in [3.63, 3.8) is 0 Å². The monoisotopic (exact) mass is 456 g/mol. The Balaban J connectivity index is 2.33. The number of carbonyl (C=O) groups excluding carboxylic acids is 2. The minimum absolute atomic E-state index is 0.0579. The third kappa shape index (κ3) is 7.17. The second kappa shape index (κ2) is 12.4. The highest BCUT2D eigenvalue weighted by atomic mass is 16.5. The number of hydrogen-bond donors (Lipinski definition) is 2. The van der Waals surface area contributed by atoms with Gasteiger partial charge in [-0.05, 0) is 54.7 Å². The molecule has 2 aromatic rings. The van der Waals surface area contributed by atoms with E-state index < -0.39 is 23.9 Å². The summed E-state index contributed by atoms with van der Waals surface area (Å²) in [7, 11) is 0. The number of aromatic carboxylic acids is 2. The molecule has 0 spiro atoms. The Morgan fingerprint density at radius 1 is 0.667 bits per heavy atom. The van der Waals surface area contributed by atoms with Crippen LogP contribution in [0.2, 0.25) is 0 Å². The van der Waals surface area contributed by atoms with Gasteiger partial charge in [-0.25, -0.2) is 19.2 Å². The van der Waals surface area contributed by atoms with Crippen LogP contribution < -0.4 is 0 Å². The molecule has 33 heavy (non-hydrogen) atoms. The summed E-state index contributed by atoms with van der Waals surface area (Å²) in [6.45, 7) is 4.28. The van der Waals surface area contributed by atoms with Crippen molar-refractivity contribution in [1.29, 1.82) is 0 Å². The van der Waals surface area contributed by atoms with E-state index >= 15 is 0 Å². The van der Waals surface area contributed by atoms with Gasteiger partial charge in [0.15, 0.2) is 0 Å². The van der Waals surface area contributed by atoms with Crippen LogP contribution in [0.5, 0.6) is 0 Å². The van der Waals surface area contributed by atoms with Crippen LogP contribution in [0.3, 0.4) is 0 Å². The fraction of sp³-hybridized carbons (Fsp3) is 0.360. The molecule has 0 saturated heterocycles. The van der Waals surface area contributed by atoms with Crippen molar-refractivity contribution < 1.29 is 38.9 Å². The van der Waals surface area contributed by atoms with Crippen molar-refractivity contribution >= 4 is 23.9 Å². The highest BCUT2D eigenvalue weighted by Crippen LogP contribution is 2.20. The molecule has 2 N–H and O–H groups in total. The fourth-order valence-electron chi connectivity index (χ4n) is 3.12. The lowest BCUT2D eigenvalue weighted by Gasteiger charge is -2.11. The van der Waals surface area contributed by atoms with E-state index in [1.54, 1.807) is 12.1 Å². The zero-order valence-corrected chi connectivity index (χ0v) is 18.8. The van der Waals surface area contributed by atoms with Crippen LogP contribution in [0.4, 0.5) is 0 Å². The first-order valence-corrected chi connectivity index (χ1v) is 10.8. The number of carboxylic acids is 2. The Kier molecular flexibility index (Phi) is 9.60. The van der Waals surface area contributed by atoms with Gasteiger partial charge in [-0.3, -0.25) is 0 Å². The first-order valence-electron chi connectivity index (χ1n) is 10.8. The summed E-state index contributed by atoms with van der Waals surface area (Å²) in [5.41, 5.74) is 0.768. The summed E-state index contributed by atoms with van der Waals surface area (Å²) in [5, 5.41) is 18.8. The van der Waals surface area contributed by atoms with Gasteiger partial charge < -0.3 is 19.7 Å². The zero-order valence-electron chi connectivity index (χ0n) is 18.8. The summed E-state index contributed by atoms with van der Waals surface area (Å²) < 4.78 is 10.4. The summed E-state index contributed by atoms with van der Waals surface area (Å²) in [6, 6.07) is 8.69. The predicted octanol–water partition coefficient (Wildman–Crippen LogP) is 4.59. The maximum Gasteiger partial charge on any atom is 0.339 e. The molecule has 0 aromatic heterocycles. The normalized spacial score (nSPS) is 10.5. The van der Waals surface area contributed by atoms with Gasteiger partial charge in [-0.2, -0.15) is 0 Å². The van der Waals surface area contributed by atoms with Crippen LogP contribution in [-0.4, -0.2) is 47.3 Å². The maximum absolute atomic E-state index is 12.4. The van der Waals surface area contributed by atoms with E-state index in [9.17, 15) is 29.4 Å². The van der Waals surface area contributed by atoms with Gasteiger partial charge in [0.25, 0.3) is 0 Å². The predicted molar refractivity (Wildman–Crippen MR) is 120 cm³/mol. The van der Waals surface area contributed by atoms with Gasteiger partial charge in [0.2, 0.25) is 0 Å². The third-order valence-corrected chi connectivity index (χ3v) is 4.94. The van der Waals surface area contributed by atoms with E-state index in [-0.39, 0.29) is 41.9 Å². The maximum atomic E-state index is 12.4. The largest absolute Gasteiger partial charge is 0.478 e. The lowest BCUT2D eigenvalue weighted by Crippen LogP contribution is -2.14. The first kappa shape index (κ1) is 25.6. The molecule has 2 rings (SSSR count). The van der Waals surface area contributed by atoms with Crippen LogP contribution >= 0.6 is 0 Å². The lowest BCUT2D eigenvalue weighted by atomic mass is 9.96. The molecule has 0 amide bonds. The molecule has 0 aliphatic carbocycles.